The minimum absolute atomic E-state index is 0.0996. The molecule has 0 aliphatic carbocycles. The Morgan fingerprint density at radius 2 is 1.76 bits per heavy atom. The van der Waals surface area contributed by atoms with Gasteiger partial charge in [-0.2, -0.15) is 10.2 Å². The lowest BCUT2D eigenvalue weighted by atomic mass is 9.81. The number of rotatable bonds is 4. The van der Waals surface area contributed by atoms with Gasteiger partial charge in [0.25, 0.3) is 11.6 Å². The van der Waals surface area contributed by atoms with E-state index in [2.05, 4.69) is 21.4 Å². The molecule has 1 unspecified atom stereocenters. The molecule has 0 bridgehead atoms. The number of allylic oxidation sites excluding steroid dienone is 1. The maximum absolute atomic E-state index is 12.9. The van der Waals surface area contributed by atoms with Gasteiger partial charge in [0, 0.05) is 0 Å². The molecule has 1 aromatic heterocycles. The number of aromatic amines is 1. The summed E-state index contributed by atoms with van der Waals surface area (Å²) in [6, 6.07) is 19.2. The largest absolute Gasteiger partial charge is 0.497 e. The van der Waals surface area contributed by atoms with Crippen LogP contribution in [-0.2, 0) is 0 Å². The summed E-state index contributed by atoms with van der Waals surface area (Å²) in [6.07, 6.45) is 0. The van der Waals surface area contributed by atoms with Crippen LogP contribution in [-0.4, -0.2) is 24.2 Å². The smallest absolute Gasteiger partial charge is 0.298 e. The maximum atomic E-state index is 12.9. The number of fused-ring (bicyclic) bond motifs is 1. The van der Waals surface area contributed by atoms with Gasteiger partial charge >= 0.3 is 0 Å². The Balaban J connectivity index is 1.99. The highest BCUT2D eigenvalue weighted by Gasteiger charge is 2.34. The number of benzene rings is 2. The predicted molar refractivity (Wildman–Crippen MR) is 109 cm³/mol. The van der Waals surface area contributed by atoms with Gasteiger partial charge < -0.3 is 14.8 Å². The van der Waals surface area contributed by atoms with Crippen molar-refractivity contribution in [1.82, 2.24) is 9.97 Å². The van der Waals surface area contributed by atoms with Crippen LogP contribution in [0.15, 0.2) is 65.0 Å². The van der Waals surface area contributed by atoms with Crippen LogP contribution in [0.5, 0.6) is 11.8 Å². The Morgan fingerprint density at radius 1 is 1.03 bits per heavy atom. The number of nitrogens with zero attached hydrogens (tertiary/aromatic N) is 2. The van der Waals surface area contributed by atoms with Crippen LogP contribution in [0.3, 0.4) is 0 Å². The molecule has 0 fully saturated rings. The zero-order valence-corrected chi connectivity index (χ0v) is 15.9. The number of nitrogens with one attached hydrogen (secondary N) is 2. The highest BCUT2D eigenvalue weighted by molar-refractivity contribution is 5.86. The second-order valence-electron chi connectivity index (χ2n) is 6.44. The van der Waals surface area contributed by atoms with E-state index in [0.29, 0.717) is 28.4 Å². The molecular formula is C22H18N4O3. The second-order valence-corrected chi connectivity index (χ2v) is 6.44. The van der Waals surface area contributed by atoms with Crippen molar-refractivity contribution in [2.45, 2.75) is 5.92 Å². The topological polar surface area (TPSA) is 100 Å². The minimum Gasteiger partial charge on any atom is -0.497 e. The Labute approximate surface area is 167 Å². The molecule has 7 heteroatoms. The summed E-state index contributed by atoms with van der Waals surface area (Å²) < 4.78 is 10.4. The minimum atomic E-state index is -0.584. The number of hydrogen-bond donors (Lipinski definition) is 2. The zero-order valence-electron chi connectivity index (χ0n) is 15.9. The molecule has 144 valence electrons. The average Bonchev–Trinajstić information content (AvgIpc) is 2.78. The van der Waals surface area contributed by atoms with Gasteiger partial charge in [0.2, 0.25) is 0 Å². The monoisotopic (exact) mass is 386 g/mol. The van der Waals surface area contributed by atoms with Gasteiger partial charge in [-0.1, -0.05) is 42.5 Å². The van der Waals surface area contributed by atoms with Gasteiger partial charge in [-0.25, -0.2) is 0 Å². The lowest BCUT2D eigenvalue weighted by Crippen LogP contribution is -2.27. The molecule has 1 atom stereocenters. The van der Waals surface area contributed by atoms with Gasteiger partial charge in [-0.15, -0.1) is 0 Å². The average molecular weight is 386 g/mol. The molecule has 3 aromatic rings. The molecule has 2 N–H and O–H groups in total. The maximum Gasteiger partial charge on any atom is 0.298 e. The van der Waals surface area contributed by atoms with Crippen molar-refractivity contribution >= 4 is 11.5 Å². The third-order valence-electron chi connectivity index (χ3n) is 4.85. The standard InChI is InChI=1S/C22H18N4O3/c1-28-15-10-8-13(9-11-15)17-16(12-23)19(14-6-4-3-5-7-14)24-20-18(17)21(27)26-22(25-20)29-2/h3-11,17H,1-2H3,(H2,24,25,26,27). The third kappa shape index (κ3) is 3.21. The van der Waals surface area contributed by atoms with Crippen molar-refractivity contribution in [3.63, 3.8) is 0 Å². The van der Waals surface area contributed by atoms with E-state index in [9.17, 15) is 10.1 Å². The fourth-order valence-electron chi connectivity index (χ4n) is 3.48. The Hall–Kier alpha value is -4.05. The van der Waals surface area contributed by atoms with E-state index in [-0.39, 0.29) is 11.6 Å². The van der Waals surface area contributed by atoms with E-state index >= 15 is 0 Å². The third-order valence-corrected chi connectivity index (χ3v) is 4.85. The first-order chi connectivity index (χ1) is 14.2. The van der Waals surface area contributed by atoms with Crippen LogP contribution >= 0.6 is 0 Å². The van der Waals surface area contributed by atoms with E-state index in [4.69, 9.17) is 9.47 Å². The molecule has 1 aliphatic rings. The lowest BCUT2D eigenvalue weighted by Gasteiger charge is -2.28. The molecule has 4 rings (SSSR count). The molecule has 0 amide bonds. The summed E-state index contributed by atoms with van der Waals surface area (Å²) >= 11 is 0. The Bertz CT molecular complexity index is 1180. The van der Waals surface area contributed by atoms with Crippen LogP contribution < -0.4 is 20.3 Å². The number of H-pyrrole nitrogens is 1. The van der Waals surface area contributed by atoms with Gasteiger partial charge in [-0.05, 0) is 23.3 Å². The first-order valence-corrected chi connectivity index (χ1v) is 8.95. The van der Waals surface area contributed by atoms with Crippen molar-refractivity contribution in [2.24, 2.45) is 0 Å². The Kier molecular flexibility index (Phi) is 4.75. The molecule has 0 saturated carbocycles. The number of aromatic nitrogens is 2. The molecular weight excluding hydrogens is 368 g/mol. The molecule has 0 spiro atoms. The van der Waals surface area contributed by atoms with Crippen molar-refractivity contribution in [3.8, 4) is 17.8 Å². The molecule has 2 heterocycles. The summed E-state index contributed by atoms with van der Waals surface area (Å²) in [6.45, 7) is 0. The van der Waals surface area contributed by atoms with E-state index < -0.39 is 5.92 Å². The van der Waals surface area contributed by atoms with E-state index in [1.165, 1.54) is 7.11 Å². The SMILES string of the molecule is COc1ccc(C2C(C#N)=C(c3ccccc3)Nc3nc(OC)[nH]c(=O)c32)cc1. The molecule has 1 aliphatic heterocycles. The van der Waals surface area contributed by atoms with Crippen molar-refractivity contribution in [1.29, 1.82) is 5.26 Å². The summed E-state index contributed by atoms with van der Waals surface area (Å²) in [5.74, 6) is 0.472. The molecule has 0 radical (unpaired) electrons. The van der Waals surface area contributed by atoms with Crippen LogP contribution in [0.25, 0.3) is 5.70 Å². The number of nitriles is 1. The normalized spacial score (nSPS) is 15.1. The molecule has 2 aromatic carbocycles. The highest BCUT2D eigenvalue weighted by atomic mass is 16.5. The number of ether oxygens (including phenoxy) is 2. The number of methoxy groups -OCH3 is 2. The van der Waals surface area contributed by atoms with Crippen LogP contribution in [0.1, 0.15) is 22.6 Å². The first-order valence-electron chi connectivity index (χ1n) is 8.95. The van der Waals surface area contributed by atoms with Crippen molar-refractivity contribution in [3.05, 3.63) is 87.2 Å². The fourth-order valence-corrected chi connectivity index (χ4v) is 3.48. The Morgan fingerprint density at radius 3 is 2.38 bits per heavy atom. The lowest BCUT2D eigenvalue weighted by molar-refractivity contribution is 0.378. The summed E-state index contributed by atoms with van der Waals surface area (Å²) in [5, 5.41) is 13.2. The highest BCUT2D eigenvalue weighted by Crippen LogP contribution is 2.42. The quantitative estimate of drug-likeness (QED) is 0.714. The van der Waals surface area contributed by atoms with E-state index in [1.807, 2.05) is 42.5 Å². The number of hydrogen-bond acceptors (Lipinski definition) is 6. The summed E-state index contributed by atoms with van der Waals surface area (Å²) in [5.41, 5.74) is 2.67. The van der Waals surface area contributed by atoms with Gasteiger partial charge in [0.15, 0.2) is 0 Å². The van der Waals surface area contributed by atoms with E-state index in [1.54, 1.807) is 19.2 Å². The van der Waals surface area contributed by atoms with E-state index in [0.717, 1.165) is 11.1 Å². The summed E-state index contributed by atoms with van der Waals surface area (Å²) in [7, 11) is 3.02. The predicted octanol–water partition coefficient (Wildman–Crippen LogP) is 3.28. The molecule has 7 nitrogen and oxygen atoms in total. The van der Waals surface area contributed by atoms with Crippen molar-refractivity contribution < 1.29 is 9.47 Å². The van der Waals surface area contributed by atoms with Gasteiger partial charge in [-0.3, -0.25) is 9.78 Å². The second kappa shape index (κ2) is 7.52. The summed E-state index contributed by atoms with van der Waals surface area (Å²) in [4.78, 5) is 19.9. The van der Waals surface area contributed by atoms with Crippen molar-refractivity contribution in [2.75, 3.05) is 19.5 Å². The van der Waals surface area contributed by atoms with Crippen LogP contribution in [0.4, 0.5) is 5.82 Å². The molecule has 29 heavy (non-hydrogen) atoms. The van der Waals surface area contributed by atoms with Crippen LogP contribution in [0.2, 0.25) is 0 Å². The van der Waals surface area contributed by atoms with Gasteiger partial charge in [0.1, 0.15) is 11.6 Å². The molecule has 0 saturated heterocycles. The zero-order chi connectivity index (χ0) is 20.4. The van der Waals surface area contributed by atoms with Crippen LogP contribution in [0, 0.1) is 11.3 Å². The first kappa shape index (κ1) is 18.3. The number of anilines is 1. The van der Waals surface area contributed by atoms with Gasteiger partial charge in [0.05, 0.1) is 43.0 Å². The fraction of sp³-hybridized carbons (Fsp3) is 0.136.